The van der Waals surface area contributed by atoms with Crippen LogP contribution in [-0.2, 0) is 0 Å². The Kier molecular flexibility index (Phi) is 7.34. The molecule has 0 amide bonds. The van der Waals surface area contributed by atoms with Crippen molar-refractivity contribution in [3.63, 3.8) is 0 Å². The molecule has 7 heteroatoms. The highest BCUT2D eigenvalue weighted by Crippen LogP contribution is 1.99. The summed E-state index contributed by atoms with van der Waals surface area (Å²) in [5.41, 5.74) is 0. The molecule has 0 heterocycles. The van der Waals surface area contributed by atoms with Crippen molar-refractivity contribution < 1.29 is 3.89 Å². The fraction of sp³-hybridized carbons (Fsp3) is 0.500. The Hall–Kier alpha value is 0.410. The number of hydrogen-bond acceptors (Lipinski definition) is 3. The average molecular weight is 230 g/mol. The van der Waals surface area contributed by atoms with E-state index in [1.54, 1.807) is 0 Å². The van der Waals surface area contributed by atoms with Gasteiger partial charge >= 0.3 is 0 Å². The van der Waals surface area contributed by atoms with Gasteiger partial charge in [-0.3, -0.25) is 0 Å². The lowest BCUT2D eigenvalue weighted by Crippen LogP contribution is -2.30. The molecule has 0 radical (unpaired) electrons. The van der Waals surface area contributed by atoms with Gasteiger partial charge in [-0.1, -0.05) is 24.4 Å². The molecule has 2 N–H and O–H groups in total. The van der Waals surface area contributed by atoms with Gasteiger partial charge in [0.25, 0.3) is 0 Å². The van der Waals surface area contributed by atoms with Crippen LogP contribution in [0.5, 0.6) is 0 Å². The van der Waals surface area contributed by atoms with Gasteiger partial charge in [0.1, 0.15) is 16.5 Å². The van der Waals surface area contributed by atoms with E-state index in [9.17, 15) is 3.89 Å². The van der Waals surface area contributed by atoms with E-state index < -0.39 is 0 Å². The Labute approximate surface area is 85.4 Å². The quantitative estimate of drug-likeness (QED) is 0.385. The first-order valence-electron chi connectivity index (χ1n) is 2.70. The molecular formula is C4H7FN2S4. The third kappa shape index (κ3) is 8.32. The molecule has 0 aromatic rings. The van der Waals surface area contributed by atoms with Crippen molar-refractivity contribution in [3.8, 4) is 0 Å². The molecule has 0 fully saturated rings. The number of rotatable bonds is 3. The second-order valence-electron chi connectivity index (χ2n) is 1.52. The number of thiol groups is 1. The Morgan fingerprint density at radius 3 is 2.36 bits per heavy atom. The molecule has 0 aliphatic rings. The van der Waals surface area contributed by atoms with Crippen LogP contribution >= 0.6 is 49.2 Å². The monoisotopic (exact) mass is 230 g/mol. The molecule has 0 saturated carbocycles. The summed E-state index contributed by atoms with van der Waals surface area (Å²) in [6, 6.07) is 0. The fourth-order valence-electron chi connectivity index (χ4n) is 0.361. The number of nitrogens with one attached hydrogen (secondary N) is 2. The number of halogens is 1. The van der Waals surface area contributed by atoms with E-state index >= 15 is 0 Å². The van der Waals surface area contributed by atoms with Crippen LogP contribution in [-0.4, -0.2) is 21.7 Å². The van der Waals surface area contributed by atoms with Crippen LogP contribution in [0.1, 0.15) is 0 Å². The summed E-state index contributed by atoms with van der Waals surface area (Å²) in [7, 11) is 0. The van der Waals surface area contributed by atoms with E-state index in [4.69, 9.17) is 0 Å². The third-order valence-electron chi connectivity index (χ3n) is 0.741. The largest absolute Gasteiger partial charge is 0.369 e. The molecule has 0 atom stereocenters. The summed E-state index contributed by atoms with van der Waals surface area (Å²) in [4.78, 5) is 0. The van der Waals surface area contributed by atoms with Gasteiger partial charge in [-0.15, -0.1) is 12.6 Å². The summed E-state index contributed by atoms with van der Waals surface area (Å²) in [6.45, 7) is 1.12. The standard InChI is InChI=1S/C4H7FN2S4/c5-11-4(10)7-2-1-6-3(8)9/h1-2H2,(H,7,10)(H2,6,8,9). The van der Waals surface area contributed by atoms with E-state index in [2.05, 4.69) is 47.7 Å². The summed E-state index contributed by atoms with van der Waals surface area (Å²) in [5, 5.41) is 5.42. The first kappa shape index (κ1) is 11.4. The van der Waals surface area contributed by atoms with E-state index in [0.717, 1.165) is 0 Å². The Bertz CT molecular complexity index is 151. The fourth-order valence-corrected chi connectivity index (χ4v) is 0.834. The van der Waals surface area contributed by atoms with Crippen LogP contribution in [0, 0.1) is 0 Å². The molecule has 0 unspecified atom stereocenters. The normalized spacial score (nSPS) is 8.91. The SMILES string of the molecule is FSC(=S)NCCNC(=S)S. The predicted octanol–water partition coefficient (Wildman–Crippen LogP) is 1.28. The first-order valence-corrected chi connectivity index (χ1v) is 4.68. The lowest BCUT2D eigenvalue weighted by molar-refractivity contribution is 0.831. The highest BCUT2D eigenvalue weighted by atomic mass is 32.2. The molecule has 0 aromatic carbocycles. The lowest BCUT2D eigenvalue weighted by Gasteiger charge is -2.04. The van der Waals surface area contributed by atoms with Crippen LogP contribution in [0.2, 0.25) is 0 Å². The summed E-state index contributed by atoms with van der Waals surface area (Å²) in [6.07, 6.45) is 0. The molecule has 11 heavy (non-hydrogen) atoms. The minimum absolute atomic E-state index is 0.0243. The summed E-state index contributed by atoms with van der Waals surface area (Å²) in [5.74, 6) is 0. The maximum atomic E-state index is 11.6. The molecule has 2 nitrogen and oxygen atoms in total. The van der Waals surface area contributed by atoms with Gasteiger partial charge in [0.15, 0.2) is 4.32 Å². The molecule has 0 aromatic heterocycles. The summed E-state index contributed by atoms with van der Waals surface area (Å²) >= 11 is 13.0. The Morgan fingerprint density at radius 2 is 1.91 bits per heavy atom. The maximum Gasteiger partial charge on any atom is 0.166 e. The zero-order valence-electron chi connectivity index (χ0n) is 5.46. The minimum Gasteiger partial charge on any atom is -0.369 e. The van der Waals surface area contributed by atoms with Crippen molar-refractivity contribution in [2.75, 3.05) is 13.1 Å². The van der Waals surface area contributed by atoms with Crippen molar-refractivity contribution in [2.24, 2.45) is 0 Å². The Morgan fingerprint density at radius 1 is 1.36 bits per heavy atom. The van der Waals surface area contributed by atoms with Gasteiger partial charge in [-0.25, -0.2) is 0 Å². The van der Waals surface area contributed by atoms with Crippen LogP contribution in [0.4, 0.5) is 3.89 Å². The highest BCUT2D eigenvalue weighted by molar-refractivity contribution is 8.19. The third-order valence-corrected chi connectivity index (χ3v) is 1.66. The van der Waals surface area contributed by atoms with Crippen molar-refractivity contribution in [2.45, 2.75) is 0 Å². The van der Waals surface area contributed by atoms with Gasteiger partial charge < -0.3 is 10.6 Å². The van der Waals surface area contributed by atoms with Gasteiger partial charge in [-0.2, -0.15) is 3.89 Å². The van der Waals surface area contributed by atoms with Crippen molar-refractivity contribution in [1.82, 2.24) is 10.6 Å². The Balaban J connectivity index is 3.14. The highest BCUT2D eigenvalue weighted by Gasteiger charge is 1.93. The molecular weight excluding hydrogens is 223 g/mol. The van der Waals surface area contributed by atoms with Gasteiger partial charge in [-0.05, 0) is 0 Å². The zero-order valence-corrected chi connectivity index (χ0v) is 8.81. The van der Waals surface area contributed by atoms with Gasteiger partial charge in [0, 0.05) is 13.1 Å². The number of hydrogen-bond donors (Lipinski definition) is 3. The lowest BCUT2D eigenvalue weighted by atomic mass is 10.6. The molecule has 0 saturated heterocycles. The second kappa shape index (κ2) is 7.08. The first-order chi connectivity index (χ1) is 5.16. The average Bonchev–Trinajstić information content (AvgIpc) is 1.97. The predicted molar refractivity (Wildman–Crippen MR) is 58.9 cm³/mol. The van der Waals surface area contributed by atoms with Crippen molar-refractivity contribution in [1.29, 1.82) is 0 Å². The van der Waals surface area contributed by atoms with Crippen LogP contribution in [0.25, 0.3) is 0 Å². The molecule has 0 spiro atoms. The number of thiocarbonyl (C=S) groups is 2. The molecule has 0 aliphatic carbocycles. The van der Waals surface area contributed by atoms with E-state index in [1.165, 1.54) is 0 Å². The molecule has 0 aliphatic heterocycles. The molecule has 64 valence electrons. The second-order valence-corrected chi connectivity index (χ2v) is 3.91. The maximum absolute atomic E-state index is 11.6. The van der Waals surface area contributed by atoms with Gasteiger partial charge in [0.2, 0.25) is 0 Å². The van der Waals surface area contributed by atoms with Crippen molar-refractivity contribution >= 4 is 57.9 Å². The molecule has 0 rings (SSSR count). The summed E-state index contributed by atoms with van der Waals surface area (Å²) < 4.78 is 12.2. The zero-order chi connectivity index (χ0) is 8.69. The van der Waals surface area contributed by atoms with Crippen LogP contribution in [0.15, 0.2) is 0 Å². The van der Waals surface area contributed by atoms with E-state index in [0.29, 0.717) is 17.4 Å². The van der Waals surface area contributed by atoms with E-state index in [-0.39, 0.29) is 16.5 Å². The van der Waals surface area contributed by atoms with Crippen molar-refractivity contribution in [3.05, 3.63) is 0 Å². The van der Waals surface area contributed by atoms with Gasteiger partial charge in [0.05, 0.1) is 0 Å². The molecule has 0 bridgehead atoms. The van der Waals surface area contributed by atoms with E-state index in [1.807, 2.05) is 0 Å². The van der Waals surface area contributed by atoms with Crippen LogP contribution < -0.4 is 10.6 Å². The smallest absolute Gasteiger partial charge is 0.166 e. The topological polar surface area (TPSA) is 24.1 Å². The van der Waals surface area contributed by atoms with Crippen LogP contribution in [0.3, 0.4) is 0 Å². The minimum atomic E-state index is 0.0243.